The van der Waals surface area contributed by atoms with Crippen molar-refractivity contribution in [2.24, 2.45) is 0 Å². The smallest absolute Gasteiger partial charge is 0.259 e. The molecule has 2 aromatic heterocycles. The number of aromatic amines is 1. The summed E-state index contributed by atoms with van der Waals surface area (Å²) < 4.78 is 35.7. The summed E-state index contributed by atoms with van der Waals surface area (Å²) in [7, 11) is 3.92. The van der Waals surface area contributed by atoms with Crippen molar-refractivity contribution in [1.29, 1.82) is 0 Å². The number of aryl methyl sites for hydroxylation is 1. The average Bonchev–Trinajstić information content (AvgIpc) is 2.87. The van der Waals surface area contributed by atoms with Crippen molar-refractivity contribution in [2.45, 2.75) is 13.5 Å². The Morgan fingerprint density at radius 1 is 1.11 bits per heavy atom. The van der Waals surface area contributed by atoms with Crippen LogP contribution >= 0.6 is 11.6 Å². The molecule has 0 bridgehead atoms. The molecule has 5 rings (SSSR count). The first-order valence-electron chi connectivity index (χ1n) is 12.1. The van der Waals surface area contributed by atoms with Crippen LogP contribution in [-0.2, 0) is 11.3 Å². The fourth-order valence-corrected chi connectivity index (χ4v) is 4.97. The zero-order valence-corrected chi connectivity index (χ0v) is 22.0. The van der Waals surface area contributed by atoms with E-state index in [0.717, 1.165) is 30.4 Å². The van der Waals surface area contributed by atoms with E-state index in [-0.39, 0.29) is 38.6 Å². The number of H-pyrrole nitrogens is 1. The van der Waals surface area contributed by atoms with Gasteiger partial charge in [0.05, 0.1) is 23.6 Å². The first kappa shape index (κ1) is 26.0. The quantitative estimate of drug-likeness (QED) is 0.387. The standard InChI is InChI=1S/C27H27ClF2N6O2/c1-14-22(28)18-11-16(12-19(29)21(18)27(37)32-14)24-26(31)34-25(30)23(33-24)15-4-5-20(17(10-15)13-35(2)3)36-6-8-38-9-7-36/h4-5,10-12H,6-9,13H2,1-3H3,(H2,31,34)(H,32,37). The van der Waals surface area contributed by atoms with E-state index in [4.69, 9.17) is 22.1 Å². The van der Waals surface area contributed by atoms with Crippen LogP contribution in [0.5, 0.6) is 0 Å². The summed E-state index contributed by atoms with van der Waals surface area (Å²) in [6.07, 6.45) is 0. The van der Waals surface area contributed by atoms with Crippen molar-refractivity contribution in [3.8, 4) is 22.5 Å². The Kier molecular flexibility index (Phi) is 7.04. The van der Waals surface area contributed by atoms with Crippen LogP contribution < -0.4 is 16.2 Å². The number of aromatic nitrogens is 3. The van der Waals surface area contributed by atoms with Crippen LogP contribution in [-0.4, -0.2) is 60.3 Å². The number of halogens is 3. The van der Waals surface area contributed by atoms with Gasteiger partial charge in [0.25, 0.3) is 5.56 Å². The molecule has 1 aliphatic rings. The molecule has 198 valence electrons. The largest absolute Gasteiger partial charge is 0.382 e. The number of hydrogen-bond donors (Lipinski definition) is 2. The Hall–Kier alpha value is -3.60. The molecule has 2 aromatic carbocycles. The number of hydrogen-bond acceptors (Lipinski definition) is 7. The molecule has 0 radical (unpaired) electrons. The van der Waals surface area contributed by atoms with Gasteiger partial charge in [-0.1, -0.05) is 17.7 Å². The summed E-state index contributed by atoms with van der Waals surface area (Å²) in [5.41, 5.74) is 8.69. The Balaban J connectivity index is 1.65. The van der Waals surface area contributed by atoms with Gasteiger partial charge < -0.3 is 25.3 Å². The Bertz CT molecular complexity index is 1600. The molecular weight excluding hydrogens is 514 g/mol. The van der Waals surface area contributed by atoms with Gasteiger partial charge in [0.1, 0.15) is 17.2 Å². The lowest BCUT2D eigenvalue weighted by molar-refractivity contribution is 0.122. The van der Waals surface area contributed by atoms with Gasteiger partial charge >= 0.3 is 0 Å². The van der Waals surface area contributed by atoms with E-state index in [1.807, 2.05) is 31.1 Å². The number of benzene rings is 2. The molecule has 4 aromatic rings. The molecule has 1 saturated heterocycles. The summed E-state index contributed by atoms with van der Waals surface area (Å²) >= 11 is 6.38. The van der Waals surface area contributed by atoms with E-state index in [0.29, 0.717) is 31.0 Å². The predicted molar refractivity (Wildman–Crippen MR) is 146 cm³/mol. The number of ether oxygens (including phenoxy) is 1. The van der Waals surface area contributed by atoms with E-state index < -0.39 is 17.3 Å². The highest BCUT2D eigenvalue weighted by Crippen LogP contribution is 2.35. The maximum Gasteiger partial charge on any atom is 0.259 e. The maximum atomic E-state index is 15.2. The fraction of sp³-hybridized carbons (Fsp3) is 0.296. The van der Waals surface area contributed by atoms with E-state index in [9.17, 15) is 4.79 Å². The van der Waals surface area contributed by atoms with Crippen LogP contribution in [0.2, 0.25) is 5.02 Å². The number of pyridine rings is 1. The molecule has 3 N–H and O–H groups in total. The lowest BCUT2D eigenvalue weighted by Crippen LogP contribution is -2.37. The summed E-state index contributed by atoms with van der Waals surface area (Å²) in [5.74, 6) is -1.84. The van der Waals surface area contributed by atoms with Crippen LogP contribution in [0.1, 0.15) is 11.3 Å². The normalized spacial score (nSPS) is 14.0. The molecule has 0 atom stereocenters. The van der Waals surface area contributed by atoms with Crippen LogP contribution in [0.15, 0.2) is 35.1 Å². The monoisotopic (exact) mass is 540 g/mol. The Morgan fingerprint density at radius 3 is 2.55 bits per heavy atom. The number of nitrogens with zero attached hydrogens (tertiary/aromatic N) is 4. The first-order valence-corrected chi connectivity index (χ1v) is 12.5. The molecule has 0 spiro atoms. The second-order valence-corrected chi connectivity index (χ2v) is 9.93. The fourth-order valence-electron chi connectivity index (χ4n) is 4.77. The van der Waals surface area contributed by atoms with Crippen molar-refractivity contribution in [1.82, 2.24) is 19.9 Å². The Labute approximate surface area is 223 Å². The molecule has 1 aliphatic heterocycles. The third-order valence-corrected chi connectivity index (χ3v) is 7.02. The minimum absolute atomic E-state index is 0.0172. The van der Waals surface area contributed by atoms with Gasteiger partial charge in [0, 0.05) is 47.5 Å². The van der Waals surface area contributed by atoms with E-state index in [1.165, 1.54) is 6.07 Å². The van der Waals surface area contributed by atoms with Crippen LogP contribution in [0.4, 0.5) is 20.3 Å². The number of anilines is 2. The molecule has 0 unspecified atom stereocenters. The Morgan fingerprint density at radius 2 is 1.84 bits per heavy atom. The lowest BCUT2D eigenvalue weighted by atomic mass is 10.0. The SMILES string of the molecule is Cc1[nH]c(=O)c2c(F)cc(-c3nc(-c4ccc(N5CCOCC5)c(CN(C)C)c4)c(F)nc3N)cc2c1Cl. The van der Waals surface area contributed by atoms with Crippen molar-refractivity contribution < 1.29 is 13.5 Å². The van der Waals surface area contributed by atoms with Crippen LogP contribution in [0.3, 0.4) is 0 Å². The van der Waals surface area contributed by atoms with Crippen molar-refractivity contribution >= 4 is 33.9 Å². The summed E-state index contributed by atoms with van der Waals surface area (Å²) in [4.78, 5) is 27.5. The molecule has 0 saturated carbocycles. The van der Waals surface area contributed by atoms with Crippen molar-refractivity contribution in [2.75, 3.05) is 51.0 Å². The minimum Gasteiger partial charge on any atom is -0.382 e. The van der Waals surface area contributed by atoms with Gasteiger partial charge in [0.15, 0.2) is 5.82 Å². The molecule has 3 heterocycles. The topological polar surface area (TPSA) is 100 Å². The summed E-state index contributed by atoms with van der Waals surface area (Å²) in [5, 5.41) is 0.226. The molecule has 11 heteroatoms. The van der Waals surface area contributed by atoms with Crippen molar-refractivity contribution in [3.05, 3.63) is 68.7 Å². The van der Waals surface area contributed by atoms with Gasteiger partial charge in [-0.05, 0) is 50.8 Å². The average molecular weight is 541 g/mol. The number of nitrogen functional groups attached to an aromatic ring is 1. The van der Waals surface area contributed by atoms with Crippen molar-refractivity contribution in [3.63, 3.8) is 0 Å². The highest BCUT2D eigenvalue weighted by Gasteiger charge is 2.21. The van der Waals surface area contributed by atoms with E-state index in [2.05, 4.69) is 19.9 Å². The maximum absolute atomic E-state index is 15.2. The zero-order valence-electron chi connectivity index (χ0n) is 21.2. The van der Waals surface area contributed by atoms with Crippen LogP contribution in [0, 0.1) is 18.7 Å². The number of nitrogens with one attached hydrogen (secondary N) is 1. The van der Waals surface area contributed by atoms with E-state index in [1.54, 1.807) is 13.0 Å². The van der Waals surface area contributed by atoms with Gasteiger partial charge in [-0.2, -0.15) is 9.37 Å². The van der Waals surface area contributed by atoms with Gasteiger partial charge in [-0.15, -0.1) is 0 Å². The zero-order chi connectivity index (χ0) is 27.1. The molecule has 0 aliphatic carbocycles. The van der Waals surface area contributed by atoms with Gasteiger partial charge in [-0.25, -0.2) is 9.37 Å². The summed E-state index contributed by atoms with van der Waals surface area (Å²) in [6, 6.07) is 8.27. The number of rotatable bonds is 5. The second-order valence-electron chi connectivity index (χ2n) is 9.55. The third kappa shape index (κ3) is 4.82. The molecule has 1 fully saturated rings. The molecular formula is C27H27ClF2N6O2. The second kappa shape index (κ2) is 10.3. The number of morpholine rings is 1. The first-order chi connectivity index (χ1) is 18.1. The summed E-state index contributed by atoms with van der Waals surface area (Å²) in [6.45, 7) is 5.05. The number of nitrogens with two attached hydrogens (primary N) is 1. The third-order valence-electron chi connectivity index (χ3n) is 6.53. The number of fused-ring (bicyclic) bond motifs is 1. The highest BCUT2D eigenvalue weighted by molar-refractivity contribution is 6.36. The molecule has 8 nitrogen and oxygen atoms in total. The predicted octanol–water partition coefficient (Wildman–Crippen LogP) is 4.37. The van der Waals surface area contributed by atoms with Crippen LogP contribution in [0.25, 0.3) is 33.3 Å². The van der Waals surface area contributed by atoms with E-state index >= 15 is 8.78 Å². The van der Waals surface area contributed by atoms with Gasteiger partial charge in [-0.3, -0.25) is 4.79 Å². The molecule has 0 amide bonds. The lowest BCUT2D eigenvalue weighted by Gasteiger charge is -2.31. The van der Waals surface area contributed by atoms with Gasteiger partial charge in [0.2, 0.25) is 5.95 Å². The highest BCUT2D eigenvalue weighted by atomic mass is 35.5. The molecule has 38 heavy (non-hydrogen) atoms. The minimum atomic E-state index is -0.840.